The summed E-state index contributed by atoms with van der Waals surface area (Å²) >= 11 is 0. The Labute approximate surface area is 249 Å². The third-order valence-corrected chi connectivity index (χ3v) is 7.75. The summed E-state index contributed by atoms with van der Waals surface area (Å²) in [6.07, 6.45) is 6.78. The normalized spacial score (nSPS) is 13.7. The molecule has 2 N–H and O–H groups in total. The Morgan fingerprint density at radius 1 is 0.953 bits per heavy atom. The van der Waals surface area contributed by atoms with E-state index in [0.717, 1.165) is 53.0 Å². The number of fused-ring (bicyclic) bond motifs is 1. The summed E-state index contributed by atoms with van der Waals surface area (Å²) in [6, 6.07) is 18.2. The van der Waals surface area contributed by atoms with Crippen LogP contribution in [0, 0.1) is 12.9 Å². The maximum atomic E-state index is 13.8. The molecule has 220 valence electrons. The predicted octanol–water partition coefficient (Wildman–Crippen LogP) is 6.23. The molecule has 1 aliphatic rings. The number of likely N-dealkylation sites (tertiary alicyclic amines) is 1. The largest absolute Gasteiger partial charge is 0.457 e. The Kier molecular flexibility index (Phi) is 8.28. The summed E-state index contributed by atoms with van der Waals surface area (Å²) in [6.45, 7) is 5.61. The molecular formula is C33H34FN7O2. The van der Waals surface area contributed by atoms with Gasteiger partial charge >= 0.3 is 0 Å². The van der Waals surface area contributed by atoms with E-state index in [2.05, 4.69) is 25.5 Å². The molecule has 2 aromatic carbocycles. The number of rotatable bonds is 9. The van der Waals surface area contributed by atoms with Crippen LogP contribution in [0.4, 0.5) is 16.0 Å². The van der Waals surface area contributed by atoms with Crippen LogP contribution in [0.2, 0.25) is 0 Å². The lowest BCUT2D eigenvalue weighted by molar-refractivity contribution is 0.0941. The van der Waals surface area contributed by atoms with Gasteiger partial charge in [-0.3, -0.25) is 9.78 Å². The van der Waals surface area contributed by atoms with Gasteiger partial charge in [-0.1, -0.05) is 12.5 Å². The molecule has 0 radical (unpaired) electrons. The van der Waals surface area contributed by atoms with Crippen LogP contribution < -0.4 is 15.4 Å². The number of aromatic nitrogens is 4. The number of anilines is 2. The first-order valence-electron chi connectivity index (χ1n) is 14.5. The van der Waals surface area contributed by atoms with E-state index < -0.39 is 5.95 Å². The zero-order chi connectivity index (χ0) is 29.8. The van der Waals surface area contributed by atoms with Crippen molar-refractivity contribution in [1.82, 2.24) is 29.7 Å². The van der Waals surface area contributed by atoms with Gasteiger partial charge in [0.2, 0.25) is 11.9 Å². The molecule has 43 heavy (non-hydrogen) atoms. The molecule has 1 amide bonds. The number of amides is 1. The number of aryl methyl sites for hydroxylation is 2. The van der Waals surface area contributed by atoms with Crippen LogP contribution in [0.3, 0.4) is 0 Å². The van der Waals surface area contributed by atoms with Gasteiger partial charge in [0.05, 0.1) is 11.0 Å². The monoisotopic (exact) mass is 579 g/mol. The first-order chi connectivity index (χ1) is 20.9. The summed E-state index contributed by atoms with van der Waals surface area (Å²) < 4.78 is 21.8. The van der Waals surface area contributed by atoms with Crippen LogP contribution in [0.1, 0.15) is 35.3 Å². The number of halogens is 1. The number of hydrogen-bond acceptors (Lipinski definition) is 7. The molecule has 1 saturated heterocycles. The molecule has 0 bridgehead atoms. The van der Waals surface area contributed by atoms with Crippen LogP contribution in [-0.2, 0) is 7.05 Å². The molecule has 0 saturated carbocycles. The molecule has 0 spiro atoms. The number of ether oxygens (including phenoxy) is 1. The van der Waals surface area contributed by atoms with E-state index in [-0.39, 0.29) is 5.91 Å². The number of benzene rings is 2. The number of piperidine rings is 1. The molecule has 6 rings (SSSR count). The Bertz CT molecular complexity index is 1760. The van der Waals surface area contributed by atoms with E-state index in [1.165, 1.54) is 31.5 Å². The van der Waals surface area contributed by atoms with Gasteiger partial charge < -0.3 is 24.8 Å². The van der Waals surface area contributed by atoms with Crippen molar-refractivity contribution in [2.24, 2.45) is 7.05 Å². The van der Waals surface area contributed by atoms with Gasteiger partial charge in [0, 0.05) is 56.4 Å². The Hall–Kier alpha value is -4.83. The number of nitrogens with zero attached hydrogens (tertiary/aromatic N) is 5. The molecule has 9 nitrogen and oxygen atoms in total. The second-order valence-corrected chi connectivity index (χ2v) is 10.8. The lowest BCUT2D eigenvalue weighted by atomic mass is 10.0. The second-order valence-electron chi connectivity index (χ2n) is 10.8. The van der Waals surface area contributed by atoms with Gasteiger partial charge in [0.1, 0.15) is 17.2 Å². The Morgan fingerprint density at radius 2 is 1.77 bits per heavy atom. The lowest BCUT2D eigenvalue weighted by Gasteiger charge is -2.26. The molecule has 0 aliphatic carbocycles. The van der Waals surface area contributed by atoms with Crippen molar-refractivity contribution >= 4 is 28.6 Å². The van der Waals surface area contributed by atoms with Gasteiger partial charge in [0.15, 0.2) is 0 Å². The van der Waals surface area contributed by atoms with Gasteiger partial charge in [-0.2, -0.15) is 4.39 Å². The third-order valence-electron chi connectivity index (χ3n) is 7.75. The molecule has 1 fully saturated rings. The summed E-state index contributed by atoms with van der Waals surface area (Å²) in [5, 5.41) is 6.36. The highest BCUT2D eigenvalue weighted by atomic mass is 19.1. The minimum Gasteiger partial charge on any atom is -0.457 e. The standard InChI is InChI=1S/C33H34FN7O2/c1-22-6-7-24(19-27(22)23-10-12-36-31(34)18-23)38-33-39-28-20-25(8-9-30(28)40(33)2)43-26-11-13-35-29(21-26)32(42)37-14-17-41-15-4-3-5-16-41/h6-13,18-21H,3-5,14-17H2,1-2H3,(H,37,42)(H,38,39). The molecule has 5 aromatic rings. The highest BCUT2D eigenvalue weighted by Crippen LogP contribution is 2.31. The summed E-state index contributed by atoms with van der Waals surface area (Å²) in [5.41, 5.74) is 5.50. The first kappa shape index (κ1) is 28.3. The molecule has 0 unspecified atom stereocenters. The highest BCUT2D eigenvalue weighted by Gasteiger charge is 2.14. The Morgan fingerprint density at radius 3 is 2.60 bits per heavy atom. The molecular weight excluding hydrogens is 545 g/mol. The van der Waals surface area contributed by atoms with Gasteiger partial charge in [-0.05, 0) is 85.9 Å². The van der Waals surface area contributed by atoms with Crippen molar-refractivity contribution in [3.05, 3.63) is 90.3 Å². The van der Waals surface area contributed by atoms with Crippen LogP contribution in [0.5, 0.6) is 11.5 Å². The van der Waals surface area contributed by atoms with Crippen molar-refractivity contribution in [1.29, 1.82) is 0 Å². The number of nitrogens with one attached hydrogen (secondary N) is 2. The molecule has 1 aliphatic heterocycles. The summed E-state index contributed by atoms with van der Waals surface area (Å²) in [4.78, 5) is 27.8. The number of hydrogen-bond donors (Lipinski definition) is 2. The zero-order valence-electron chi connectivity index (χ0n) is 24.3. The fraction of sp³-hybridized carbons (Fsp3) is 0.273. The van der Waals surface area contributed by atoms with Crippen LogP contribution in [0.15, 0.2) is 73.1 Å². The topological polar surface area (TPSA) is 97.2 Å². The Balaban J connectivity index is 1.14. The van der Waals surface area contributed by atoms with Crippen molar-refractivity contribution < 1.29 is 13.9 Å². The predicted molar refractivity (Wildman–Crippen MR) is 165 cm³/mol. The SMILES string of the molecule is Cc1ccc(Nc2nc3cc(Oc4ccnc(C(=O)NCCN5CCCCC5)c4)ccc3n2C)cc1-c1ccnc(F)c1. The van der Waals surface area contributed by atoms with E-state index in [9.17, 15) is 9.18 Å². The van der Waals surface area contributed by atoms with E-state index >= 15 is 0 Å². The maximum Gasteiger partial charge on any atom is 0.270 e. The minimum atomic E-state index is -0.516. The number of carbonyl (C=O) groups excluding carboxylic acids is 1. The quantitative estimate of drug-likeness (QED) is 0.200. The van der Waals surface area contributed by atoms with Crippen molar-refractivity contribution in [2.75, 3.05) is 31.5 Å². The molecule has 10 heteroatoms. The van der Waals surface area contributed by atoms with Crippen LogP contribution in [-0.4, -0.2) is 56.5 Å². The summed E-state index contributed by atoms with van der Waals surface area (Å²) in [5.74, 6) is 1.03. The van der Waals surface area contributed by atoms with Crippen LogP contribution >= 0.6 is 0 Å². The molecule has 0 atom stereocenters. The smallest absolute Gasteiger partial charge is 0.270 e. The van der Waals surface area contributed by atoms with Gasteiger partial charge in [0.25, 0.3) is 5.91 Å². The molecule has 3 aromatic heterocycles. The number of pyridine rings is 2. The molecule has 4 heterocycles. The average molecular weight is 580 g/mol. The fourth-order valence-electron chi connectivity index (χ4n) is 5.40. The van der Waals surface area contributed by atoms with Crippen LogP contribution in [0.25, 0.3) is 22.2 Å². The first-order valence-corrected chi connectivity index (χ1v) is 14.5. The van der Waals surface area contributed by atoms with E-state index in [1.807, 2.05) is 54.9 Å². The van der Waals surface area contributed by atoms with E-state index in [4.69, 9.17) is 9.72 Å². The second kappa shape index (κ2) is 12.6. The van der Waals surface area contributed by atoms with Gasteiger partial charge in [-0.25, -0.2) is 9.97 Å². The number of carbonyl (C=O) groups is 1. The van der Waals surface area contributed by atoms with E-state index in [1.54, 1.807) is 24.4 Å². The zero-order valence-corrected chi connectivity index (χ0v) is 24.3. The van der Waals surface area contributed by atoms with Crippen molar-refractivity contribution in [3.8, 4) is 22.6 Å². The average Bonchev–Trinajstić information content (AvgIpc) is 3.32. The lowest BCUT2D eigenvalue weighted by Crippen LogP contribution is -2.37. The van der Waals surface area contributed by atoms with E-state index in [0.29, 0.717) is 29.7 Å². The summed E-state index contributed by atoms with van der Waals surface area (Å²) in [7, 11) is 1.94. The maximum absolute atomic E-state index is 13.8. The van der Waals surface area contributed by atoms with Crippen molar-refractivity contribution in [3.63, 3.8) is 0 Å². The third kappa shape index (κ3) is 6.65. The number of imidazole rings is 1. The fourth-order valence-corrected chi connectivity index (χ4v) is 5.40. The van der Waals surface area contributed by atoms with Crippen molar-refractivity contribution in [2.45, 2.75) is 26.2 Å². The van der Waals surface area contributed by atoms with Gasteiger partial charge in [-0.15, -0.1) is 0 Å². The minimum absolute atomic E-state index is 0.216. The highest BCUT2D eigenvalue weighted by molar-refractivity contribution is 5.92.